The van der Waals surface area contributed by atoms with E-state index in [2.05, 4.69) is 5.32 Å². The second-order valence-corrected chi connectivity index (χ2v) is 6.67. The van der Waals surface area contributed by atoms with Gasteiger partial charge in [-0.1, -0.05) is 31.0 Å². The fourth-order valence-electron chi connectivity index (χ4n) is 3.62. The fourth-order valence-corrected chi connectivity index (χ4v) is 3.62. The lowest BCUT2D eigenvalue weighted by molar-refractivity contribution is -0.125. The zero-order valence-corrected chi connectivity index (χ0v) is 13.9. The molecule has 1 saturated carbocycles. The van der Waals surface area contributed by atoms with Gasteiger partial charge in [-0.15, -0.1) is 0 Å². The molecule has 6 heteroatoms. The predicted molar refractivity (Wildman–Crippen MR) is 90.6 cm³/mol. The Balaban J connectivity index is 1.47. The third-order valence-corrected chi connectivity index (χ3v) is 4.79. The highest BCUT2D eigenvalue weighted by Gasteiger charge is 2.27. The van der Waals surface area contributed by atoms with E-state index < -0.39 is 0 Å². The molecular formula is C18H25N3O3. The summed E-state index contributed by atoms with van der Waals surface area (Å²) in [5.41, 5.74) is 6.51. The van der Waals surface area contributed by atoms with Gasteiger partial charge in [0.2, 0.25) is 11.8 Å². The quantitative estimate of drug-likeness (QED) is 0.775. The van der Waals surface area contributed by atoms with Gasteiger partial charge in [0.05, 0.1) is 19.6 Å². The van der Waals surface area contributed by atoms with Gasteiger partial charge in [-0.2, -0.15) is 0 Å². The normalized spacial score (nSPS) is 20.0. The molecule has 1 heterocycles. The van der Waals surface area contributed by atoms with Crippen molar-refractivity contribution in [1.82, 2.24) is 10.2 Å². The minimum absolute atomic E-state index is 0.0255. The standard InChI is InChI=1S/C18H25N3O3/c19-17(22)11-21(14-6-2-3-7-14)12-18(23)20-10-15-9-13-5-1-4-8-16(13)24-15/h1,4-5,8,14-15H,2-3,6-7,9-12H2,(H2,19,22)(H,20,23)/t15-/m1/s1. The van der Waals surface area contributed by atoms with Gasteiger partial charge in [0, 0.05) is 12.5 Å². The molecule has 3 N–H and O–H groups in total. The number of nitrogens with two attached hydrogens (primary N) is 1. The zero-order valence-electron chi connectivity index (χ0n) is 13.9. The van der Waals surface area contributed by atoms with Gasteiger partial charge in [0.25, 0.3) is 0 Å². The lowest BCUT2D eigenvalue weighted by Gasteiger charge is -2.27. The summed E-state index contributed by atoms with van der Waals surface area (Å²) in [4.78, 5) is 25.4. The Morgan fingerprint density at radius 1 is 1.21 bits per heavy atom. The average Bonchev–Trinajstić information content (AvgIpc) is 3.21. The maximum absolute atomic E-state index is 12.3. The van der Waals surface area contributed by atoms with E-state index in [4.69, 9.17) is 10.5 Å². The summed E-state index contributed by atoms with van der Waals surface area (Å²) in [5, 5.41) is 2.93. The number of ether oxygens (including phenoxy) is 1. The molecule has 6 nitrogen and oxygen atoms in total. The van der Waals surface area contributed by atoms with Crippen LogP contribution in [-0.2, 0) is 16.0 Å². The second kappa shape index (κ2) is 7.66. The van der Waals surface area contributed by atoms with Crippen LogP contribution in [0.15, 0.2) is 24.3 Å². The van der Waals surface area contributed by atoms with Crippen LogP contribution >= 0.6 is 0 Å². The number of amides is 2. The van der Waals surface area contributed by atoms with Crippen molar-refractivity contribution in [3.05, 3.63) is 29.8 Å². The molecule has 0 bridgehead atoms. The van der Waals surface area contributed by atoms with Crippen LogP contribution < -0.4 is 15.8 Å². The van der Waals surface area contributed by atoms with Crippen molar-refractivity contribution in [3.8, 4) is 5.75 Å². The molecule has 1 fully saturated rings. The Morgan fingerprint density at radius 2 is 1.96 bits per heavy atom. The number of hydrogen-bond acceptors (Lipinski definition) is 4. The van der Waals surface area contributed by atoms with Crippen LogP contribution in [0.1, 0.15) is 31.2 Å². The van der Waals surface area contributed by atoms with Crippen LogP contribution in [0.3, 0.4) is 0 Å². The Kier molecular flexibility index (Phi) is 5.35. The smallest absolute Gasteiger partial charge is 0.234 e. The molecule has 1 aromatic carbocycles. The van der Waals surface area contributed by atoms with Crippen molar-refractivity contribution < 1.29 is 14.3 Å². The van der Waals surface area contributed by atoms with Gasteiger partial charge in [0.15, 0.2) is 0 Å². The maximum atomic E-state index is 12.3. The second-order valence-electron chi connectivity index (χ2n) is 6.67. The Labute approximate surface area is 142 Å². The van der Waals surface area contributed by atoms with E-state index in [1.807, 2.05) is 29.2 Å². The van der Waals surface area contributed by atoms with Crippen LogP contribution in [0, 0.1) is 0 Å². The number of nitrogens with zero attached hydrogens (tertiary/aromatic N) is 1. The van der Waals surface area contributed by atoms with Gasteiger partial charge in [0.1, 0.15) is 11.9 Å². The molecule has 3 rings (SSSR count). The Morgan fingerprint density at radius 3 is 2.67 bits per heavy atom. The third-order valence-electron chi connectivity index (χ3n) is 4.79. The number of para-hydroxylation sites is 1. The predicted octanol–water partition coefficient (Wildman–Crippen LogP) is 0.836. The first-order chi connectivity index (χ1) is 11.6. The first kappa shape index (κ1) is 16.8. The van der Waals surface area contributed by atoms with Gasteiger partial charge < -0.3 is 15.8 Å². The molecular weight excluding hydrogens is 306 g/mol. The summed E-state index contributed by atoms with van der Waals surface area (Å²) in [6.45, 7) is 0.833. The van der Waals surface area contributed by atoms with E-state index in [9.17, 15) is 9.59 Å². The molecule has 0 spiro atoms. The minimum Gasteiger partial charge on any atom is -0.488 e. The number of fused-ring (bicyclic) bond motifs is 1. The fraction of sp³-hybridized carbons (Fsp3) is 0.556. The van der Waals surface area contributed by atoms with Gasteiger partial charge in [-0.25, -0.2) is 0 Å². The summed E-state index contributed by atoms with van der Waals surface area (Å²) >= 11 is 0. The number of benzene rings is 1. The molecule has 130 valence electrons. The molecule has 1 aliphatic carbocycles. The van der Waals surface area contributed by atoms with E-state index in [0.717, 1.165) is 37.9 Å². The molecule has 2 amide bonds. The largest absolute Gasteiger partial charge is 0.488 e. The number of hydrogen-bond donors (Lipinski definition) is 2. The highest BCUT2D eigenvalue weighted by Crippen LogP contribution is 2.27. The maximum Gasteiger partial charge on any atom is 0.234 e. The summed E-state index contributed by atoms with van der Waals surface area (Å²) in [6, 6.07) is 8.23. The highest BCUT2D eigenvalue weighted by molar-refractivity contribution is 5.80. The van der Waals surface area contributed by atoms with Gasteiger partial charge in [-0.05, 0) is 24.5 Å². The van der Waals surface area contributed by atoms with Crippen LogP contribution in [0.2, 0.25) is 0 Å². The topological polar surface area (TPSA) is 84.7 Å². The first-order valence-electron chi connectivity index (χ1n) is 8.65. The lowest BCUT2D eigenvalue weighted by Crippen LogP contribution is -2.47. The SMILES string of the molecule is NC(=O)CN(CC(=O)NC[C@H]1Cc2ccccc2O1)C1CCCC1. The number of nitrogens with one attached hydrogen (secondary N) is 1. The highest BCUT2D eigenvalue weighted by atomic mass is 16.5. The van der Waals surface area contributed by atoms with Gasteiger partial charge >= 0.3 is 0 Å². The lowest BCUT2D eigenvalue weighted by atomic mass is 10.1. The van der Waals surface area contributed by atoms with E-state index >= 15 is 0 Å². The summed E-state index contributed by atoms with van der Waals surface area (Å²) in [6.07, 6.45) is 5.14. The molecule has 0 radical (unpaired) electrons. The van der Waals surface area contributed by atoms with Crippen molar-refractivity contribution in [2.24, 2.45) is 5.73 Å². The van der Waals surface area contributed by atoms with Crippen molar-refractivity contribution in [2.45, 2.75) is 44.2 Å². The molecule has 0 unspecified atom stereocenters. The third kappa shape index (κ3) is 4.26. The molecule has 0 saturated heterocycles. The van der Waals surface area contributed by atoms with Crippen LogP contribution in [-0.4, -0.2) is 48.5 Å². The van der Waals surface area contributed by atoms with E-state index in [0.29, 0.717) is 6.54 Å². The van der Waals surface area contributed by atoms with Crippen molar-refractivity contribution in [2.75, 3.05) is 19.6 Å². The van der Waals surface area contributed by atoms with Crippen molar-refractivity contribution in [3.63, 3.8) is 0 Å². The summed E-state index contributed by atoms with van der Waals surface area (Å²) in [7, 11) is 0. The number of carbonyl (C=O) groups is 2. The minimum atomic E-state index is -0.385. The monoisotopic (exact) mass is 331 g/mol. The van der Waals surface area contributed by atoms with Crippen molar-refractivity contribution in [1.29, 1.82) is 0 Å². The number of carbonyl (C=O) groups excluding carboxylic acids is 2. The molecule has 24 heavy (non-hydrogen) atoms. The van der Waals surface area contributed by atoms with E-state index in [1.54, 1.807) is 0 Å². The molecule has 2 aliphatic rings. The van der Waals surface area contributed by atoms with Crippen LogP contribution in [0.4, 0.5) is 0 Å². The molecule has 1 atom stereocenters. The Hall–Kier alpha value is -2.08. The van der Waals surface area contributed by atoms with Crippen LogP contribution in [0.25, 0.3) is 0 Å². The number of rotatable bonds is 7. The molecule has 1 aromatic rings. The van der Waals surface area contributed by atoms with E-state index in [1.165, 1.54) is 5.56 Å². The average molecular weight is 331 g/mol. The van der Waals surface area contributed by atoms with Crippen LogP contribution in [0.5, 0.6) is 5.75 Å². The summed E-state index contributed by atoms with van der Waals surface area (Å²) < 4.78 is 5.82. The molecule has 1 aliphatic heterocycles. The van der Waals surface area contributed by atoms with E-state index in [-0.39, 0.29) is 37.0 Å². The Bertz CT molecular complexity index is 574. The molecule has 0 aromatic heterocycles. The zero-order chi connectivity index (χ0) is 16.9. The van der Waals surface area contributed by atoms with Crippen molar-refractivity contribution >= 4 is 11.8 Å². The summed E-state index contributed by atoms with van der Waals surface area (Å²) in [5.74, 6) is 0.435. The first-order valence-corrected chi connectivity index (χ1v) is 8.65. The van der Waals surface area contributed by atoms with Gasteiger partial charge in [-0.3, -0.25) is 14.5 Å². The number of primary amides is 1.